The molecule has 0 aliphatic carbocycles. The van der Waals surface area contributed by atoms with E-state index in [0.717, 1.165) is 0 Å². The summed E-state index contributed by atoms with van der Waals surface area (Å²) in [5.41, 5.74) is 0. The summed E-state index contributed by atoms with van der Waals surface area (Å²) in [6.45, 7) is 5.12. The van der Waals surface area contributed by atoms with E-state index in [2.05, 4.69) is 10.6 Å². The Bertz CT molecular complexity index is 423. The van der Waals surface area contributed by atoms with Crippen LogP contribution >= 0.6 is 11.6 Å². The lowest BCUT2D eigenvalue weighted by Crippen LogP contribution is -2.39. The zero-order chi connectivity index (χ0) is 15.7. The highest BCUT2D eigenvalue weighted by molar-refractivity contribution is 6.30. The Hall–Kier alpha value is -1.46. The summed E-state index contributed by atoms with van der Waals surface area (Å²) in [6.07, 6.45) is 0.158. The second kappa shape index (κ2) is 9.47. The maximum Gasteiger partial charge on any atom is 0.314 e. The van der Waals surface area contributed by atoms with Crippen LogP contribution < -0.4 is 15.4 Å². The number of benzene rings is 1. The molecule has 5 nitrogen and oxygen atoms in total. The third-order valence-corrected chi connectivity index (χ3v) is 3.22. The number of ether oxygens (including phenoxy) is 1. The molecule has 0 fully saturated rings. The van der Waals surface area contributed by atoms with Gasteiger partial charge < -0.3 is 20.5 Å². The number of rotatable bonds is 8. The second-order valence-corrected chi connectivity index (χ2v) is 5.52. The van der Waals surface area contributed by atoms with Crippen LogP contribution in [0.15, 0.2) is 24.3 Å². The SMILES string of the molecule is CC(C)C(O)CCNC(=O)NCCOc1ccc(Cl)cc1. The molecule has 0 saturated heterocycles. The highest BCUT2D eigenvalue weighted by Gasteiger charge is 2.09. The number of hydrogen-bond acceptors (Lipinski definition) is 3. The first-order valence-corrected chi connectivity index (χ1v) is 7.45. The highest BCUT2D eigenvalue weighted by atomic mass is 35.5. The summed E-state index contributed by atoms with van der Waals surface area (Å²) in [6, 6.07) is 6.78. The molecule has 21 heavy (non-hydrogen) atoms. The summed E-state index contributed by atoms with van der Waals surface area (Å²) in [7, 11) is 0. The summed E-state index contributed by atoms with van der Waals surface area (Å²) in [4.78, 5) is 11.5. The lowest BCUT2D eigenvalue weighted by atomic mass is 10.0. The Kier molecular flexibility index (Phi) is 7.93. The van der Waals surface area contributed by atoms with Gasteiger partial charge >= 0.3 is 6.03 Å². The van der Waals surface area contributed by atoms with Crippen LogP contribution in [0.4, 0.5) is 4.79 Å². The summed E-state index contributed by atoms with van der Waals surface area (Å²) >= 11 is 5.77. The van der Waals surface area contributed by atoms with E-state index < -0.39 is 6.10 Å². The minimum absolute atomic E-state index is 0.197. The van der Waals surface area contributed by atoms with Gasteiger partial charge in [0.1, 0.15) is 12.4 Å². The smallest absolute Gasteiger partial charge is 0.314 e. The second-order valence-electron chi connectivity index (χ2n) is 5.09. The van der Waals surface area contributed by atoms with Gasteiger partial charge in [0.05, 0.1) is 12.6 Å². The fourth-order valence-electron chi connectivity index (χ4n) is 1.59. The van der Waals surface area contributed by atoms with E-state index in [4.69, 9.17) is 16.3 Å². The number of carbonyl (C=O) groups excluding carboxylic acids is 1. The number of carbonyl (C=O) groups is 1. The Morgan fingerprint density at radius 3 is 2.48 bits per heavy atom. The van der Waals surface area contributed by atoms with Gasteiger partial charge in [-0.1, -0.05) is 25.4 Å². The maximum absolute atomic E-state index is 11.5. The Balaban J connectivity index is 2.07. The highest BCUT2D eigenvalue weighted by Crippen LogP contribution is 2.15. The molecule has 0 aliphatic heterocycles. The lowest BCUT2D eigenvalue weighted by Gasteiger charge is -2.14. The molecule has 6 heteroatoms. The van der Waals surface area contributed by atoms with Crippen molar-refractivity contribution in [2.24, 2.45) is 5.92 Å². The van der Waals surface area contributed by atoms with Crippen molar-refractivity contribution in [3.8, 4) is 5.75 Å². The number of nitrogens with one attached hydrogen (secondary N) is 2. The van der Waals surface area contributed by atoms with Crippen molar-refractivity contribution < 1.29 is 14.6 Å². The molecule has 0 radical (unpaired) electrons. The van der Waals surface area contributed by atoms with Gasteiger partial charge in [-0.3, -0.25) is 0 Å². The zero-order valence-corrected chi connectivity index (χ0v) is 13.2. The third kappa shape index (κ3) is 7.78. The predicted molar refractivity (Wildman–Crippen MR) is 83.8 cm³/mol. The number of hydrogen-bond donors (Lipinski definition) is 3. The molecule has 118 valence electrons. The van der Waals surface area contributed by atoms with Crippen LogP contribution in [0.3, 0.4) is 0 Å². The van der Waals surface area contributed by atoms with Crippen molar-refractivity contribution in [3.05, 3.63) is 29.3 Å². The lowest BCUT2D eigenvalue weighted by molar-refractivity contribution is 0.116. The molecule has 1 atom stereocenters. The number of urea groups is 1. The minimum atomic E-state index is -0.390. The van der Waals surface area contributed by atoms with E-state index in [1.165, 1.54) is 0 Å². The molecule has 1 aromatic carbocycles. The van der Waals surface area contributed by atoms with E-state index in [-0.39, 0.29) is 11.9 Å². The third-order valence-electron chi connectivity index (χ3n) is 2.97. The molecular formula is C15H23ClN2O3. The molecule has 1 unspecified atom stereocenters. The number of aliphatic hydroxyl groups excluding tert-OH is 1. The van der Waals surface area contributed by atoms with Gasteiger partial charge in [0.25, 0.3) is 0 Å². The fourth-order valence-corrected chi connectivity index (χ4v) is 1.72. The average molecular weight is 315 g/mol. The average Bonchev–Trinajstić information content (AvgIpc) is 2.45. The Morgan fingerprint density at radius 1 is 1.24 bits per heavy atom. The van der Waals surface area contributed by atoms with Crippen LogP contribution in [0.2, 0.25) is 5.02 Å². The van der Waals surface area contributed by atoms with E-state index in [1.807, 2.05) is 13.8 Å². The van der Waals surface area contributed by atoms with Crippen molar-refractivity contribution in [1.82, 2.24) is 10.6 Å². The van der Waals surface area contributed by atoms with Gasteiger partial charge in [0.2, 0.25) is 0 Å². The predicted octanol–water partition coefficient (Wildman–Crippen LogP) is 2.43. The summed E-state index contributed by atoms with van der Waals surface area (Å²) in [5, 5.41) is 15.6. The normalized spacial score (nSPS) is 12.0. The minimum Gasteiger partial charge on any atom is -0.492 e. The van der Waals surface area contributed by atoms with Gasteiger partial charge in [-0.15, -0.1) is 0 Å². The number of amides is 2. The van der Waals surface area contributed by atoms with Crippen LogP contribution in [-0.4, -0.2) is 36.9 Å². The van der Waals surface area contributed by atoms with Crippen LogP contribution in [0.5, 0.6) is 5.75 Å². The van der Waals surface area contributed by atoms with E-state index in [9.17, 15) is 9.90 Å². The molecule has 0 aromatic heterocycles. The van der Waals surface area contributed by atoms with E-state index in [0.29, 0.717) is 36.9 Å². The Labute approximate surface area is 130 Å². The molecule has 1 rings (SSSR count). The van der Waals surface area contributed by atoms with Crippen molar-refractivity contribution >= 4 is 17.6 Å². The molecular weight excluding hydrogens is 292 g/mol. The van der Waals surface area contributed by atoms with E-state index >= 15 is 0 Å². The van der Waals surface area contributed by atoms with Crippen LogP contribution in [0.1, 0.15) is 20.3 Å². The monoisotopic (exact) mass is 314 g/mol. The summed E-state index contributed by atoms with van der Waals surface area (Å²) < 4.78 is 5.44. The Morgan fingerprint density at radius 2 is 1.86 bits per heavy atom. The van der Waals surface area contributed by atoms with Gasteiger partial charge in [-0.05, 0) is 36.6 Å². The van der Waals surface area contributed by atoms with Crippen molar-refractivity contribution in [2.45, 2.75) is 26.4 Å². The quantitative estimate of drug-likeness (QED) is 0.645. The zero-order valence-electron chi connectivity index (χ0n) is 12.4. The molecule has 0 saturated carbocycles. The molecule has 0 heterocycles. The van der Waals surface area contributed by atoms with Gasteiger partial charge in [0, 0.05) is 11.6 Å². The first-order chi connectivity index (χ1) is 9.99. The number of halogens is 1. The fraction of sp³-hybridized carbons (Fsp3) is 0.533. The molecule has 1 aromatic rings. The molecule has 0 spiro atoms. The molecule has 0 aliphatic rings. The summed E-state index contributed by atoms with van der Waals surface area (Å²) in [5.74, 6) is 0.907. The van der Waals surface area contributed by atoms with Gasteiger partial charge in [-0.2, -0.15) is 0 Å². The molecule has 2 amide bonds. The first kappa shape index (κ1) is 17.6. The topological polar surface area (TPSA) is 70.6 Å². The van der Waals surface area contributed by atoms with Crippen molar-refractivity contribution in [3.63, 3.8) is 0 Å². The van der Waals surface area contributed by atoms with Gasteiger partial charge in [-0.25, -0.2) is 4.79 Å². The van der Waals surface area contributed by atoms with Crippen molar-refractivity contribution in [1.29, 1.82) is 0 Å². The maximum atomic E-state index is 11.5. The first-order valence-electron chi connectivity index (χ1n) is 7.07. The van der Waals surface area contributed by atoms with Gasteiger partial charge in [0.15, 0.2) is 0 Å². The van der Waals surface area contributed by atoms with Crippen LogP contribution in [0.25, 0.3) is 0 Å². The molecule has 3 N–H and O–H groups in total. The van der Waals surface area contributed by atoms with Crippen molar-refractivity contribution in [2.75, 3.05) is 19.7 Å². The number of aliphatic hydroxyl groups is 1. The van der Waals surface area contributed by atoms with Crippen LogP contribution in [-0.2, 0) is 0 Å². The molecule has 0 bridgehead atoms. The standard InChI is InChI=1S/C15H23ClN2O3/c1-11(2)14(19)7-8-17-15(20)18-9-10-21-13-5-3-12(16)4-6-13/h3-6,11,14,19H,7-10H2,1-2H3,(H2,17,18,20). The largest absolute Gasteiger partial charge is 0.492 e. The van der Waals surface area contributed by atoms with Crippen LogP contribution in [0, 0.1) is 5.92 Å². The van der Waals surface area contributed by atoms with E-state index in [1.54, 1.807) is 24.3 Å².